The van der Waals surface area contributed by atoms with Crippen LogP contribution in [0.2, 0.25) is 0 Å². The van der Waals surface area contributed by atoms with Crippen LogP contribution in [0.25, 0.3) is 6.08 Å². The van der Waals surface area contributed by atoms with Crippen molar-refractivity contribution in [3.8, 4) is 0 Å². The van der Waals surface area contributed by atoms with Crippen LogP contribution in [0.5, 0.6) is 0 Å². The van der Waals surface area contributed by atoms with Gasteiger partial charge in [-0.25, -0.2) is 4.79 Å². The predicted molar refractivity (Wildman–Crippen MR) is 81.6 cm³/mol. The Morgan fingerprint density at radius 1 is 1.45 bits per heavy atom. The van der Waals surface area contributed by atoms with Crippen molar-refractivity contribution in [2.24, 2.45) is 5.92 Å². The molecule has 0 aromatic heterocycles. The number of esters is 1. The monoisotopic (exact) mass is 274 g/mol. The van der Waals surface area contributed by atoms with E-state index in [4.69, 9.17) is 0 Å². The molecule has 0 saturated carbocycles. The average Bonchev–Trinajstić information content (AvgIpc) is 2.52. The van der Waals surface area contributed by atoms with Gasteiger partial charge in [0.1, 0.15) is 0 Å². The standard InChI is InChI=1S/C16H22N2O2/c1-20-16(19)6-5-13-3-2-4-15(11-13)18-12-14-7-9-17-10-8-14/h2-6,11,14,17-18H,7-10,12H2,1H3. The molecule has 1 saturated heterocycles. The fourth-order valence-electron chi connectivity index (χ4n) is 2.33. The highest BCUT2D eigenvalue weighted by molar-refractivity contribution is 5.87. The van der Waals surface area contributed by atoms with Crippen LogP contribution >= 0.6 is 0 Å². The van der Waals surface area contributed by atoms with Crippen LogP contribution in [-0.4, -0.2) is 32.7 Å². The number of rotatable bonds is 5. The van der Waals surface area contributed by atoms with Crippen molar-refractivity contribution in [2.75, 3.05) is 32.1 Å². The molecule has 108 valence electrons. The molecule has 0 bridgehead atoms. The Morgan fingerprint density at radius 3 is 3.00 bits per heavy atom. The summed E-state index contributed by atoms with van der Waals surface area (Å²) < 4.78 is 4.58. The summed E-state index contributed by atoms with van der Waals surface area (Å²) in [4.78, 5) is 11.1. The molecule has 0 aliphatic carbocycles. The van der Waals surface area contributed by atoms with Gasteiger partial charge in [0, 0.05) is 18.3 Å². The van der Waals surface area contributed by atoms with Gasteiger partial charge in [-0.1, -0.05) is 12.1 Å². The van der Waals surface area contributed by atoms with E-state index in [2.05, 4.69) is 21.4 Å². The third-order valence-corrected chi connectivity index (χ3v) is 3.55. The maximum absolute atomic E-state index is 11.1. The van der Waals surface area contributed by atoms with Crippen molar-refractivity contribution in [3.63, 3.8) is 0 Å². The quantitative estimate of drug-likeness (QED) is 0.639. The molecule has 1 aromatic rings. The number of carbonyl (C=O) groups is 1. The Hall–Kier alpha value is -1.81. The van der Waals surface area contributed by atoms with Crippen molar-refractivity contribution < 1.29 is 9.53 Å². The number of hydrogen-bond acceptors (Lipinski definition) is 4. The molecule has 4 nitrogen and oxygen atoms in total. The van der Waals surface area contributed by atoms with Gasteiger partial charge in [0.25, 0.3) is 0 Å². The Bertz CT molecular complexity index is 465. The fraction of sp³-hybridized carbons (Fsp3) is 0.438. The van der Waals surface area contributed by atoms with Gasteiger partial charge in [0.15, 0.2) is 0 Å². The van der Waals surface area contributed by atoms with E-state index >= 15 is 0 Å². The number of ether oxygens (including phenoxy) is 1. The second kappa shape index (κ2) is 7.70. The molecule has 20 heavy (non-hydrogen) atoms. The molecule has 0 amide bonds. The summed E-state index contributed by atoms with van der Waals surface area (Å²) in [5.74, 6) is 0.406. The highest BCUT2D eigenvalue weighted by Gasteiger charge is 2.12. The molecule has 2 rings (SSSR count). The summed E-state index contributed by atoms with van der Waals surface area (Å²) in [5, 5.41) is 6.85. The lowest BCUT2D eigenvalue weighted by Crippen LogP contribution is -2.31. The zero-order valence-corrected chi connectivity index (χ0v) is 11.9. The second-order valence-corrected chi connectivity index (χ2v) is 5.06. The topological polar surface area (TPSA) is 50.4 Å². The molecule has 4 heteroatoms. The van der Waals surface area contributed by atoms with E-state index < -0.39 is 0 Å². The number of anilines is 1. The van der Waals surface area contributed by atoms with E-state index in [1.807, 2.05) is 18.2 Å². The first-order chi connectivity index (χ1) is 9.78. The van der Waals surface area contributed by atoms with E-state index in [1.165, 1.54) is 26.0 Å². The molecule has 1 aliphatic heterocycles. The van der Waals surface area contributed by atoms with Gasteiger partial charge in [-0.05, 0) is 55.6 Å². The third kappa shape index (κ3) is 4.70. The number of benzene rings is 1. The molecule has 0 spiro atoms. The lowest BCUT2D eigenvalue weighted by atomic mass is 9.98. The van der Waals surface area contributed by atoms with Gasteiger partial charge >= 0.3 is 5.97 Å². The Morgan fingerprint density at radius 2 is 2.25 bits per heavy atom. The first-order valence-corrected chi connectivity index (χ1v) is 7.08. The van der Waals surface area contributed by atoms with Crippen LogP contribution in [0.4, 0.5) is 5.69 Å². The van der Waals surface area contributed by atoms with Crippen LogP contribution in [-0.2, 0) is 9.53 Å². The second-order valence-electron chi connectivity index (χ2n) is 5.06. The van der Waals surface area contributed by atoms with Crippen LogP contribution < -0.4 is 10.6 Å². The third-order valence-electron chi connectivity index (χ3n) is 3.55. The Kier molecular flexibility index (Phi) is 5.62. The molecular weight excluding hydrogens is 252 g/mol. The van der Waals surface area contributed by atoms with Crippen LogP contribution in [0.15, 0.2) is 30.3 Å². The minimum atomic E-state index is -0.335. The molecule has 1 aliphatic rings. The summed E-state index contributed by atoms with van der Waals surface area (Å²) in [6.07, 6.45) is 5.66. The fourth-order valence-corrected chi connectivity index (χ4v) is 2.33. The van der Waals surface area contributed by atoms with Gasteiger partial charge in [-0.15, -0.1) is 0 Å². The van der Waals surface area contributed by atoms with Crippen LogP contribution in [0.3, 0.4) is 0 Å². The van der Waals surface area contributed by atoms with E-state index in [9.17, 15) is 4.79 Å². The molecule has 0 unspecified atom stereocenters. The lowest BCUT2D eigenvalue weighted by Gasteiger charge is -2.23. The largest absolute Gasteiger partial charge is 0.466 e. The summed E-state index contributed by atoms with van der Waals surface area (Å²) in [6, 6.07) is 8.05. The molecule has 1 fully saturated rings. The molecule has 2 N–H and O–H groups in total. The van der Waals surface area contributed by atoms with Crippen LogP contribution in [0, 0.1) is 5.92 Å². The number of nitrogens with one attached hydrogen (secondary N) is 2. The highest BCUT2D eigenvalue weighted by atomic mass is 16.5. The van der Waals surface area contributed by atoms with Crippen molar-refractivity contribution in [1.82, 2.24) is 5.32 Å². The van der Waals surface area contributed by atoms with Crippen molar-refractivity contribution in [3.05, 3.63) is 35.9 Å². The van der Waals surface area contributed by atoms with Crippen molar-refractivity contribution >= 4 is 17.7 Å². The Balaban J connectivity index is 1.88. The van der Waals surface area contributed by atoms with Crippen molar-refractivity contribution in [1.29, 1.82) is 0 Å². The number of hydrogen-bond donors (Lipinski definition) is 2. The summed E-state index contributed by atoms with van der Waals surface area (Å²) >= 11 is 0. The molecular formula is C16H22N2O2. The smallest absolute Gasteiger partial charge is 0.330 e. The average molecular weight is 274 g/mol. The maximum Gasteiger partial charge on any atom is 0.330 e. The highest BCUT2D eigenvalue weighted by Crippen LogP contribution is 2.16. The van der Waals surface area contributed by atoms with Crippen molar-refractivity contribution in [2.45, 2.75) is 12.8 Å². The minimum Gasteiger partial charge on any atom is -0.466 e. The summed E-state index contributed by atoms with van der Waals surface area (Å²) in [5.41, 5.74) is 2.08. The Labute approximate surface area is 120 Å². The van der Waals surface area contributed by atoms with Gasteiger partial charge in [-0.3, -0.25) is 0 Å². The van der Waals surface area contributed by atoms with Crippen LogP contribution in [0.1, 0.15) is 18.4 Å². The normalized spacial score (nSPS) is 16.2. The van der Waals surface area contributed by atoms with Gasteiger partial charge in [0.05, 0.1) is 7.11 Å². The number of carbonyl (C=O) groups excluding carboxylic acids is 1. The molecule has 0 atom stereocenters. The van der Waals surface area contributed by atoms with E-state index in [0.29, 0.717) is 0 Å². The molecule has 1 heterocycles. The predicted octanol–water partition coefficient (Wildman–Crippen LogP) is 2.28. The zero-order valence-electron chi connectivity index (χ0n) is 11.9. The number of piperidine rings is 1. The molecule has 0 radical (unpaired) electrons. The first-order valence-electron chi connectivity index (χ1n) is 7.08. The lowest BCUT2D eigenvalue weighted by molar-refractivity contribution is -0.134. The van der Waals surface area contributed by atoms with Gasteiger partial charge < -0.3 is 15.4 Å². The SMILES string of the molecule is COC(=O)C=Cc1cccc(NCC2CCNCC2)c1. The molecule has 1 aromatic carbocycles. The van der Waals surface area contributed by atoms with E-state index in [-0.39, 0.29) is 5.97 Å². The van der Waals surface area contributed by atoms with Gasteiger partial charge in [0.2, 0.25) is 0 Å². The number of methoxy groups -OCH3 is 1. The summed E-state index contributed by atoms with van der Waals surface area (Å²) in [7, 11) is 1.38. The van der Waals surface area contributed by atoms with Gasteiger partial charge in [-0.2, -0.15) is 0 Å². The zero-order chi connectivity index (χ0) is 14.2. The minimum absolute atomic E-state index is 0.335. The van der Waals surface area contributed by atoms with E-state index in [0.717, 1.165) is 36.8 Å². The summed E-state index contributed by atoms with van der Waals surface area (Å²) in [6.45, 7) is 3.24. The van der Waals surface area contributed by atoms with E-state index in [1.54, 1.807) is 6.08 Å². The maximum atomic E-state index is 11.1. The first kappa shape index (κ1) is 14.6.